The lowest BCUT2D eigenvalue weighted by Crippen LogP contribution is -2.24. The largest absolute Gasteiger partial charge is 0.454 e. The van der Waals surface area contributed by atoms with E-state index >= 15 is 0 Å². The summed E-state index contributed by atoms with van der Waals surface area (Å²) in [7, 11) is 0. The average Bonchev–Trinajstić information content (AvgIpc) is 3.57. The van der Waals surface area contributed by atoms with Crippen LogP contribution in [0.2, 0.25) is 0 Å². The first-order valence-electron chi connectivity index (χ1n) is 9.62. The molecule has 1 aliphatic rings. The zero-order valence-electron chi connectivity index (χ0n) is 16.3. The Kier molecular flexibility index (Phi) is 5.24. The highest BCUT2D eigenvalue weighted by atomic mass is 32.1. The molecule has 1 amide bonds. The van der Waals surface area contributed by atoms with Gasteiger partial charge in [0, 0.05) is 12.2 Å². The van der Waals surface area contributed by atoms with Crippen LogP contribution in [0.25, 0.3) is 10.7 Å². The number of thiophene rings is 1. The summed E-state index contributed by atoms with van der Waals surface area (Å²) in [6.07, 6.45) is 0. The number of aromatic nitrogens is 2. The van der Waals surface area contributed by atoms with E-state index < -0.39 is 0 Å². The first-order chi connectivity index (χ1) is 15.3. The van der Waals surface area contributed by atoms with Crippen molar-refractivity contribution in [3.8, 4) is 22.2 Å². The van der Waals surface area contributed by atoms with Crippen molar-refractivity contribution in [3.05, 3.63) is 77.0 Å². The summed E-state index contributed by atoms with van der Waals surface area (Å²) in [5.41, 5.74) is 2.14. The molecule has 4 aromatic rings. The number of nitrogens with one attached hydrogen (secondary N) is 2. The smallest absolute Gasteiger partial charge is 0.253 e. The van der Waals surface area contributed by atoms with Gasteiger partial charge in [0.15, 0.2) is 11.5 Å². The maximum atomic E-state index is 12.8. The number of carbonyl (C=O) groups is 1. The van der Waals surface area contributed by atoms with Gasteiger partial charge in [-0.15, -0.1) is 11.3 Å². The molecule has 0 radical (unpaired) electrons. The quantitative estimate of drug-likeness (QED) is 0.452. The molecule has 9 heteroatoms. The molecular formula is C22H18N4O4S. The van der Waals surface area contributed by atoms with Crippen molar-refractivity contribution < 1.29 is 18.8 Å². The van der Waals surface area contributed by atoms with E-state index in [1.165, 1.54) is 0 Å². The van der Waals surface area contributed by atoms with Crippen LogP contribution in [0.4, 0.5) is 5.69 Å². The second-order valence-electron chi connectivity index (χ2n) is 6.76. The Labute approximate surface area is 181 Å². The summed E-state index contributed by atoms with van der Waals surface area (Å²) in [5, 5.41) is 12.1. The first-order valence-corrected chi connectivity index (χ1v) is 10.5. The standard InChI is InChI=1S/C22H18N4O4S/c27-22(24-11-14-7-8-17-18(10-14)29-13-28-17)15-4-1-2-5-16(15)23-12-20-25-21(26-30-20)19-6-3-9-31-19/h1-10,23H,11-13H2,(H,24,27). The van der Waals surface area contributed by atoms with Crippen LogP contribution in [0.1, 0.15) is 21.8 Å². The molecule has 0 fully saturated rings. The third-order valence-electron chi connectivity index (χ3n) is 4.70. The minimum atomic E-state index is -0.189. The minimum absolute atomic E-state index is 0.189. The summed E-state index contributed by atoms with van der Waals surface area (Å²) in [4.78, 5) is 18.1. The number of carbonyl (C=O) groups excluding carboxylic acids is 1. The Bertz CT molecular complexity index is 1210. The van der Waals surface area contributed by atoms with Crippen LogP contribution in [0.15, 0.2) is 64.5 Å². The SMILES string of the molecule is O=C(NCc1ccc2c(c1)OCO2)c1ccccc1NCc1nc(-c2cccs2)no1. The number of ether oxygens (including phenoxy) is 2. The Morgan fingerprint density at radius 3 is 2.84 bits per heavy atom. The molecule has 3 heterocycles. The monoisotopic (exact) mass is 434 g/mol. The number of anilines is 1. The highest BCUT2D eigenvalue weighted by Crippen LogP contribution is 2.32. The summed E-state index contributed by atoms with van der Waals surface area (Å²) in [6.45, 7) is 0.904. The fraction of sp³-hybridized carbons (Fsp3) is 0.136. The van der Waals surface area contributed by atoms with Crippen molar-refractivity contribution in [2.24, 2.45) is 0 Å². The maximum Gasteiger partial charge on any atom is 0.253 e. The molecule has 156 valence electrons. The lowest BCUT2D eigenvalue weighted by molar-refractivity contribution is 0.0951. The molecule has 0 saturated heterocycles. The molecule has 2 aromatic heterocycles. The van der Waals surface area contributed by atoms with Gasteiger partial charge in [0.25, 0.3) is 5.91 Å². The number of fused-ring (bicyclic) bond motifs is 1. The molecule has 1 aliphatic heterocycles. The second kappa shape index (κ2) is 8.49. The van der Waals surface area contributed by atoms with Gasteiger partial charge in [-0.3, -0.25) is 4.79 Å². The van der Waals surface area contributed by atoms with Gasteiger partial charge in [0.05, 0.1) is 17.0 Å². The number of nitrogens with zero attached hydrogens (tertiary/aromatic N) is 2. The van der Waals surface area contributed by atoms with Crippen LogP contribution in [-0.2, 0) is 13.1 Å². The lowest BCUT2D eigenvalue weighted by atomic mass is 10.1. The molecule has 5 rings (SSSR count). The average molecular weight is 434 g/mol. The molecule has 0 atom stereocenters. The van der Waals surface area contributed by atoms with Gasteiger partial charge in [-0.1, -0.05) is 29.4 Å². The predicted molar refractivity (Wildman–Crippen MR) is 115 cm³/mol. The van der Waals surface area contributed by atoms with Crippen LogP contribution in [0, 0.1) is 0 Å². The van der Waals surface area contributed by atoms with E-state index in [0.29, 0.717) is 47.6 Å². The van der Waals surface area contributed by atoms with Crippen molar-refractivity contribution in [2.75, 3.05) is 12.1 Å². The summed E-state index contributed by atoms with van der Waals surface area (Å²) in [6, 6.07) is 16.8. The van der Waals surface area contributed by atoms with Crippen molar-refractivity contribution in [1.82, 2.24) is 15.5 Å². The van der Waals surface area contributed by atoms with Gasteiger partial charge >= 0.3 is 0 Å². The van der Waals surface area contributed by atoms with Crippen LogP contribution in [0.3, 0.4) is 0 Å². The van der Waals surface area contributed by atoms with Crippen LogP contribution < -0.4 is 20.1 Å². The van der Waals surface area contributed by atoms with Crippen LogP contribution in [0.5, 0.6) is 11.5 Å². The normalized spacial score (nSPS) is 12.0. The first kappa shape index (κ1) is 19.1. The summed E-state index contributed by atoms with van der Waals surface area (Å²) >= 11 is 1.55. The number of hydrogen-bond donors (Lipinski definition) is 2. The Hall–Kier alpha value is -3.85. The molecule has 2 N–H and O–H groups in total. The highest BCUT2D eigenvalue weighted by molar-refractivity contribution is 7.13. The number of benzene rings is 2. The number of para-hydroxylation sites is 1. The van der Waals surface area contributed by atoms with Crippen molar-refractivity contribution in [1.29, 1.82) is 0 Å². The molecule has 2 aromatic carbocycles. The molecule has 0 aliphatic carbocycles. The third-order valence-corrected chi connectivity index (χ3v) is 5.57. The van der Waals surface area contributed by atoms with Crippen LogP contribution >= 0.6 is 11.3 Å². The highest BCUT2D eigenvalue weighted by Gasteiger charge is 2.15. The van der Waals surface area contributed by atoms with Crippen molar-refractivity contribution >= 4 is 22.9 Å². The molecule has 31 heavy (non-hydrogen) atoms. The maximum absolute atomic E-state index is 12.8. The fourth-order valence-corrected chi connectivity index (χ4v) is 3.82. The zero-order chi connectivity index (χ0) is 21.0. The Balaban J connectivity index is 1.23. The zero-order valence-corrected chi connectivity index (χ0v) is 17.1. The van der Waals surface area contributed by atoms with E-state index in [1.54, 1.807) is 17.4 Å². The number of amides is 1. The van der Waals surface area contributed by atoms with Gasteiger partial charge in [-0.2, -0.15) is 4.98 Å². The van der Waals surface area contributed by atoms with Gasteiger partial charge in [-0.05, 0) is 41.3 Å². The molecule has 0 saturated carbocycles. The van der Waals surface area contributed by atoms with E-state index in [1.807, 2.05) is 53.9 Å². The molecule has 8 nitrogen and oxygen atoms in total. The van der Waals surface area contributed by atoms with Gasteiger partial charge in [-0.25, -0.2) is 0 Å². The van der Waals surface area contributed by atoms with Crippen molar-refractivity contribution in [3.63, 3.8) is 0 Å². The Morgan fingerprint density at radius 1 is 1.03 bits per heavy atom. The fourth-order valence-electron chi connectivity index (χ4n) is 3.17. The number of rotatable bonds is 7. The summed E-state index contributed by atoms with van der Waals surface area (Å²) in [5.74, 6) is 2.22. The minimum Gasteiger partial charge on any atom is -0.454 e. The van der Waals surface area contributed by atoms with E-state index in [9.17, 15) is 4.79 Å². The van der Waals surface area contributed by atoms with E-state index in [-0.39, 0.29) is 12.7 Å². The van der Waals surface area contributed by atoms with Gasteiger partial charge in [0.1, 0.15) is 0 Å². The molecule has 0 unspecified atom stereocenters. The van der Waals surface area contributed by atoms with E-state index in [0.717, 1.165) is 10.4 Å². The van der Waals surface area contributed by atoms with Gasteiger partial charge in [0.2, 0.25) is 18.5 Å². The van der Waals surface area contributed by atoms with E-state index in [2.05, 4.69) is 20.8 Å². The summed E-state index contributed by atoms with van der Waals surface area (Å²) < 4.78 is 16.0. The number of hydrogen-bond acceptors (Lipinski definition) is 8. The predicted octanol–water partition coefficient (Wildman–Crippen LogP) is 4.07. The van der Waals surface area contributed by atoms with Crippen molar-refractivity contribution in [2.45, 2.75) is 13.1 Å². The topological polar surface area (TPSA) is 98.5 Å². The van der Waals surface area contributed by atoms with Gasteiger partial charge < -0.3 is 24.6 Å². The molecule has 0 bridgehead atoms. The van der Waals surface area contributed by atoms with E-state index in [4.69, 9.17) is 14.0 Å². The second-order valence-corrected chi connectivity index (χ2v) is 7.71. The third kappa shape index (κ3) is 4.22. The molecule has 0 spiro atoms. The molecular weight excluding hydrogens is 416 g/mol. The lowest BCUT2D eigenvalue weighted by Gasteiger charge is -2.11. The van der Waals surface area contributed by atoms with Crippen LogP contribution in [-0.4, -0.2) is 22.8 Å². The Morgan fingerprint density at radius 2 is 1.94 bits per heavy atom.